The van der Waals surface area contributed by atoms with E-state index in [-0.39, 0.29) is 4.90 Å². The van der Waals surface area contributed by atoms with Crippen molar-refractivity contribution in [3.63, 3.8) is 0 Å². The maximum atomic E-state index is 12.1. The standard InChI is InChI=1S/C13H27N5O2S/c1-4-14-7-5-10-18-12-13(11-15-18)21(19,20)16-8-6-9-17(2)3/h11-12,14,16H,4-10H2,1-3H3. The highest BCUT2D eigenvalue weighted by molar-refractivity contribution is 7.89. The molecule has 21 heavy (non-hydrogen) atoms. The van der Waals surface area contributed by atoms with Crippen LogP contribution >= 0.6 is 0 Å². The summed E-state index contributed by atoms with van der Waals surface area (Å²) in [6.07, 6.45) is 4.69. The molecule has 0 saturated heterocycles. The van der Waals surface area contributed by atoms with Crippen molar-refractivity contribution < 1.29 is 8.42 Å². The highest BCUT2D eigenvalue weighted by Gasteiger charge is 2.15. The molecule has 0 unspecified atom stereocenters. The van der Waals surface area contributed by atoms with Crippen LogP contribution in [-0.4, -0.2) is 63.4 Å². The van der Waals surface area contributed by atoms with Gasteiger partial charge in [0.15, 0.2) is 0 Å². The highest BCUT2D eigenvalue weighted by atomic mass is 32.2. The van der Waals surface area contributed by atoms with E-state index in [0.29, 0.717) is 13.1 Å². The smallest absolute Gasteiger partial charge is 0.243 e. The molecule has 0 aliphatic heterocycles. The molecule has 0 aliphatic rings. The topological polar surface area (TPSA) is 79.3 Å². The Kier molecular flexibility index (Phi) is 7.87. The Morgan fingerprint density at radius 3 is 2.71 bits per heavy atom. The Morgan fingerprint density at radius 2 is 2.05 bits per heavy atom. The van der Waals surface area contributed by atoms with E-state index in [2.05, 4.69) is 22.1 Å². The molecule has 8 heteroatoms. The van der Waals surface area contributed by atoms with Crippen molar-refractivity contribution in [2.75, 3.05) is 40.3 Å². The molecule has 0 spiro atoms. The zero-order valence-electron chi connectivity index (χ0n) is 13.2. The summed E-state index contributed by atoms with van der Waals surface area (Å²) in [5.41, 5.74) is 0. The number of aryl methyl sites for hydroxylation is 1. The second-order valence-corrected chi connectivity index (χ2v) is 6.97. The first kappa shape index (κ1) is 18.1. The van der Waals surface area contributed by atoms with Gasteiger partial charge in [0, 0.05) is 19.3 Å². The molecule has 1 aromatic heterocycles. The van der Waals surface area contributed by atoms with Gasteiger partial charge in [-0.05, 0) is 46.6 Å². The largest absolute Gasteiger partial charge is 0.317 e. The molecule has 0 aromatic carbocycles. The molecule has 2 N–H and O–H groups in total. The second-order valence-electron chi connectivity index (χ2n) is 5.20. The minimum atomic E-state index is -3.44. The lowest BCUT2D eigenvalue weighted by molar-refractivity contribution is 0.400. The van der Waals surface area contributed by atoms with E-state index in [9.17, 15) is 8.42 Å². The molecule has 0 atom stereocenters. The first-order valence-corrected chi connectivity index (χ1v) is 8.81. The Balaban J connectivity index is 2.42. The minimum Gasteiger partial charge on any atom is -0.317 e. The van der Waals surface area contributed by atoms with Gasteiger partial charge in [-0.3, -0.25) is 4.68 Å². The van der Waals surface area contributed by atoms with Crippen LogP contribution in [0, 0.1) is 0 Å². The van der Waals surface area contributed by atoms with Crippen molar-refractivity contribution in [2.45, 2.75) is 31.2 Å². The molecule has 0 amide bonds. The Hall–Kier alpha value is -0.960. The van der Waals surface area contributed by atoms with Gasteiger partial charge < -0.3 is 10.2 Å². The SMILES string of the molecule is CCNCCCn1cc(S(=O)(=O)NCCCN(C)C)cn1. The molecule has 1 aromatic rings. The van der Waals surface area contributed by atoms with E-state index >= 15 is 0 Å². The highest BCUT2D eigenvalue weighted by Crippen LogP contribution is 2.07. The summed E-state index contributed by atoms with van der Waals surface area (Å²) in [7, 11) is 0.488. The third-order valence-electron chi connectivity index (χ3n) is 2.98. The summed E-state index contributed by atoms with van der Waals surface area (Å²) in [6.45, 7) is 5.90. The predicted molar refractivity (Wildman–Crippen MR) is 83.7 cm³/mol. The zero-order chi connectivity index (χ0) is 15.7. The van der Waals surface area contributed by atoms with Crippen LogP contribution < -0.4 is 10.0 Å². The average Bonchev–Trinajstić information content (AvgIpc) is 2.89. The van der Waals surface area contributed by atoms with Crippen LogP contribution in [0.4, 0.5) is 0 Å². The zero-order valence-corrected chi connectivity index (χ0v) is 14.0. The molecule has 0 bridgehead atoms. The second kappa shape index (κ2) is 9.14. The monoisotopic (exact) mass is 317 g/mol. The summed E-state index contributed by atoms with van der Waals surface area (Å²) >= 11 is 0. The maximum absolute atomic E-state index is 12.1. The summed E-state index contributed by atoms with van der Waals surface area (Å²) < 4.78 is 28.4. The van der Waals surface area contributed by atoms with Crippen molar-refractivity contribution >= 4 is 10.0 Å². The quantitative estimate of drug-likeness (QED) is 0.567. The van der Waals surface area contributed by atoms with Crippen LogP contribution in [-0.2, 0) is 16.6 Å². The number of sulfonamides is 1. The third-order valence-corrected chi connectivity index (χ3v) is 4.40. The number of hydrogen-bond donors (Lipinski definition) is 2. The fourth-order valence-corrected chi connectivity index (χ4v) is 2.86. The van der Waals surface area contributed by atoms with Crippen LogP contribution in [0.5, 0.6) is 0 Å². The van der Waals surface area contributed by atoms with Gasteiger partial charge in [-0.25, -0.2) is 13.1 Å². The van der Waals surface area contributed by atoms with Crippen molar-refractivity contribution in [1.82, 2.24) is 24.7 Å². The van der Waals surface area contributed by atoms with Crippen molar-refractivity contribution in [3.05, 3.63) is 12.4 Å². The van der Waals surface area contributed by atoms with Crippen LogP contribution in [0.2, 0.25) is 0 Å². The fourth-order valence-electron chi connectivity index (χ4n) is 1.83. The molecule has 1 rings (SSSR count). The van der Waals surface area contributed by atoms with Gasteiger partial charge >= 0.3 is 0 Å². The van der Waals surface area contributed by atoms with Crippen molar-refractivity contribution in [3.8, 4) is 0 Å². The lowest BCUT2D eigenvalue weighted by Gasteiger charge is -2.09. The predicted octanol–water partition coefficient (Wildman–Crippen LogP) is 0.113. The Labute approximate surface area is 127 Å². The molecule has 7 nitrogen and oxygen atoms in total. The normalized spacial score (nSPS) is 12.2. The number of nitrogens with one attached hydrogen (secondary N) is 2. The molecule has 1 heterocycles. The third kappa shape index (κ3) is 7.03. The number of aromatic nitrogens is 2. The molecule has 122 valence electrons. The minimum absolute atomic E-state index is 0.232. The maximum Gasteiger partial charge on any atom is 0.243 e. The van der Waals surface area contributed by atoms with Crippen LogP contribution in [0.25, 0.3) is 0 Å². The molecule has 0 radical (unpaired) electrons. The van der Waals surface area contributed by atoms with Gasteiger partial charge in [0.2, 0.25) is 10.0 Å². The van der Waals surface area contributed by atoms with Crippen LogP contribution in [0.1, 0.15) is 19.8 Å². The van der Waals surface area contributed by atoms with E-state index in [1.165, 1.54) is 6.20 Å². The van der Waals surface area contributed by atoms with E-state index in [4.69, 9.17) is 0 Å². The van der Waals surface area contributed by atoms with Gasteiger partial charge in [-0.2, -0.15) is 5.10 Å². The lowest BCUT2D eigenvalue weighted by atomic mass is 10.4. The van der Waals surface area contributed by atoms with E-state index < -0.39 is 10.0 Å². The van der Waals surface area contributed by atoms with E-state index in [1.807, 2.05) is 19.0 Å². The van der Waals surface area contributed by atoms with E-state index in [1.54, 1.807) is 10.9 Å². The Morgan fingerprint density at radius 1 is 1.29 bits per heavy atom. The van der Waals surface area contributed by atoms with Crippen LogP contribution in [0.3, 0.4) is 0 Å². The summed E-state index contributed by atoms with van der Waals surface area (Å²) in [5, 5.41) is 7.32. The number of rotatable bonds is 11. The van der Waals surface area contributed by atoms with Gasteiger partial charge in [0.25, 0.3) is 0 Å². The number of nitrogens with zero attached hydrogens (tertiary/aromatic N) is 3. The number of hydrogen-bond acceptors (Lipinski definition) is 5. The van der Waals surface area contributed by atoms with Gasteiger partial charge in [-0.15, -0.1) is 0 Å². The van der Waals surface area contributed by atoms with Gasteiger partial charge in [-0.1, -0.05) is 6.92 Å². The van der Waals surface area contributed by atoms with Crippen molar-refractivity contribution in [1.29, 1.82) is 0 Å². The lowest BCUT2D eigenvalue weighted by Crippen LogP contribution is -2.27. The first-order valence-electron chi connectivity index (χ1n) is 7.33. The van der Waals surface area contributed by atoms with Crippen LogP contribution in [0.15, 0.2) is 17.3 Å². The average molecular weight is 317 g/mol. The molecule has 0 fully saturated rings. The fraction of sp³-hybridized carbons (Fsp3) is 0.769. The Bertz CT molecular complexity index is 498. The molecular weight excluding hydrogens is 290 g/mol. The summed E-state index contributed by atoms with van der Waals surface area (Å²) in [5.74, 6) is 0. The molecular formula is C13H27N5O2S. The van der Waals surface area contributed by atoms with E-state index in [0.717, 1.165) is 32.5 Å². The first-order chi connectivity index (χ1) is 9.95. The molecule has 0 aliphatic carbocycles. The molecule has 0 saturated carbocycles. The summed E-state index contributed by atoms with van der Waals surface area (Å²) in [4.78, 5) is 2.26. The summed E-state index contributed by atoms with van der Waals surface area (Å²) in [6, 6.07) is 0. The van der Waals surface area contributed by atoms with Gasteiger partial charge in [0.05, 0.1) is 6.20 Å². The van der Waals surface area contributed by atoms with Crippen molar-refractivity contribution in [2.24, 2.45) is 0 Å². The van der Waals surface area contributed by atoms with Gasteiger partial charge in [0.1, 0.15) is 4.90 Å².